The summed E-state index contributed by atoms with van der Waals surface area (Å²) in [5.74, 6) is -1.10. The van der Waals surface area contributed by atoms with Crippen LogP contribution in [0.2, 0.25) is 0 Å². The molecule has 0 saturated heterocycles. The lowest BCUT2D eigenvalue weighted by Gasteiger charge is -2.13. The topological polar surface area (TPSA) is 120 Å². The van der Waals surface area contributed by atoms with Gasteiger partial charge in [0.2, 0.25) is 0 Å². The predicted octanol–water partition coefficient (Wildman–Crippen LogP) is 3.31. The fourth-order valence-electron chi connectivity index (χ4n) is 3.33. The van der Waals surface area contributed by atoms with Crippen LogP contribution in [-0.2, 0) is 11.3 Å². The number of pyridine rings is 1. The van der Waals surface area contributed by atoms with Gasteiger partial charge >= 0.3 is 0 Å². The third kappa shape index (κ3) is 5.77. The number of rotatable bonds is 10. The minimum atomic E-state index is -0.708. The van der Waals surface area contributed by atoms with Crippen LogP contribution in [0.15, 0.2) is 66.1 Å². The van der Waals surface area contributed by atoms with Gasteiger partial charge in [0.05, 0.1) is 19.8 Å². The summed E-state index contributed by atoms with van der Waals surface area (Å²) >= 11 is 0. The average molecular weight is 491 g/mol. The van der Waals surface area contributed by atoms with Gasteiger partial charge in [-0.1, -0.05) is 6.08 Å². The second-order valence-electron chi connectivity index (χ2n) is 7.38. The standard InChI is InChI=1S/C26H22FN3O6/c1-4-9-30-14-17(10-16(13-28)26(30)33)25(32)20-11-18(27)5-7-21(20)36-15-24(31)29-19-6-8-22(34-2)23(12-19)35-3/h4-8,10-12,14H,1,9,15H2,2-3H3,(H,29,31). The molecule has 2 aromatic carbocycles. The third-order valence-electron chi connectivity index (χ3n) is 5.01. The summed E-state index contributed by atoms with van der Waals surface area (Å²) in [7, 11) is 2.95. The first-order valence-electron chi connectivity index (χ1n) is 10.6. The largest absolute Gasteiger partial charge is 0.493 e. The summed E-state index contributed by atoms with van der Waals surface area (Å²) in [6, 6.07) is 10.9. The van der Waals surface area contributed by atoms with Crippen LogP contribution in [-0.4, -0.2) is 37.1 Å². The van der Waals surface area contributed by atoms with E-state index in [-0.39, 0.29) is 29.0 Å². The number of ketones is 1. The maximum Gasteiger partial charge on any atom is 0.268 e. The van der Waals surface area contributed by atoms with Gasteiger partial charge < -0.3 is 24.1 Å². The van der Waals surface area contributed by atoms with Gasteiger partial charge in [-0.15, -0.1) is 6.58 Å². The molecule has 3 rings (SSSR count). The molecular weight excluding hydrogens is 469 g/mol. The van der Waals surface area contributed by atoms with Crippen molar-refractivity contribution in [3.05, 3.63) is 94.2 Å². The molecule has 0 atom stereocenters. The summed E-state index contributed by atoms with van der Waals surface area (Å²) in [5, 5.41) is 11.9. The monoisotopic (exact) mass is 491 g/mol. The Bertz CT molecular complexity index is 1420. The second-order valence-corrected chi connectivity index (χ2v) is 7.38. The highest BCUT2D eigenvalue weighted by atomic mass is 19.1. The smallest absolute Gasteiger partial charge is 0.268 e. The Kier molecular flexibility index (Phi) is 8.20. The lowest BCUT2D eigenvalue weighted by atomic mass is 10.0. The van der Waals surface area contributed by atoms with Crippen LogP contribution in [0.4, 0.5) is 10.1 Å². The maximum atomic E-state index is 14.0. The van der Waals surface area contributed by atoms with E-state index >= 15 is 0 Å². The number of hydrogen-bond acceptors (Lipinski definition) is 7. The molecule has 1 aromatic heterocycles. The molecular formula is C26H22FN3O6. The summed E-state index contributed by atoms with van der Waals surface area (Å²) < 4.78 is 31.1. The van der Waals surface area contributed by atoms with Gasteiger partial charge in [0.1, 0.15) is 23.2 Å². The zero-order valence-electron chi connectivity index (χ0n) is 19.5. The number of amides is 1. The van der Waals surface area contributed by atoms with Crippen molar-refractivity contribution in [2.24, 2.45) is 0 Å². The van der Waals surface area contributed by atoms with Crippen LogP contribution < -0.4 is 25.1 Å². The predicted molar refractivity (Wildman–Crippen MR) is 129 cm³/mol. The number of nitriles is 1. The number of allylic oxidation sites excluding steroid dienone is 1. The first-order chi connectivity index (χ1) is 17.3. The van der Waals surface area contributed by atoms with Gasteiger partial charge in [0.25, 0.3) is 11.5 Å². The third-order valence-corrected chi connectivity index (χ3v) is 5.01. The van der Waals surface area contributed by atoms with E-state index < -0.39 is 29.7 Å². The number of ether oxygens (including phenoxy) is 3. The molecule has 0 unspecified atom stereocenters. The lowest BCUT2D eigenvalue weighted by molar-refractivity contribution is -0.118. The van der Waals surface area contributed by atoms with Gasteiger partial charge in [-0.05, 0) is 36.4 Å². The molecule has 0 aliphatic carbocycles. The molecule has 1 amide bonds. The van der Waals surface area contributed by atoms with Crippen LogP contribution in [0.25, 0.3) is 0 Å². The minimum Gasteiger partial charge on any atom is -0.493 e. The highest BCUT2D eigenvalue weighted by molar-refractivity contribution is 6.10. The van der Waals surface area contributed by atoms with Crippen molar-refractivity contribution in [3.63, 3.8) is 0 Å². The van der Waals surface area contributed by atoms with E-state index in [0.29, 0.717) is 17.2 Å². The Labute approximate surface area is 206 Å². The molecule has 0 saturated carbocycles. The molecule has 0 aliphatic heterocycles. The number of benzene rings is 2. The van der Waals surface area contributed by atoms with E-state index in [1.165, 1.54) is 32.6 Å². The summed E-state index contributed by atoms with van der Waals surface area (Å²) in [4.78, 5) is 37.9. The second kappa shape index (κ2) is 11.5. The Balaban J connectivity index is 1.83. The van der Waals surface area contributed by atoms with Crippen LogP contribution in [0, 0.1) is 17.1 Å². The van der Waals surface area contributed by atoms with Crippen molar-refractivity contribution < 1.29 is 28.2 Å². The number of methoxy groups -OCH3 is 2. The van der Waals surface area contributed by atoms with E-state index in [4.69, 9.17) is 14.2 Å². The highest BCUT2D eigenvalue weighted by Gasteiger charge is 2.20. The SMILES string of the molecule is C=CCn1cc(C(=O)c2cc(F)ccc2OCC(=O)Nc2ccc(OC)c(OC)c2)cc(C#N)c1=O. The fraction of sp³-hybridized carbons (Fsp3) is 0.154. The van der Waals surface area contributed by atoms with E-state index in [1.54, 1.807) is 24.3 Å². The number of nitrogens with zero attached hydrogens (tertiary/aromatic N) is 2. The first-order valence-corrected chi connectivity index (χ1v) is 10.6. The van der Waals surface area contributed by atoms with E-state index in [1.807, 2.05) is 0 Å². The van der Waals surface area contributed by atoms with E-state index in [0.717, 1.165) is 22.8 Å². The van der Waals surface area contributed by atoms with E-state index in [2.05, 4.69) is 11.9 Å². The van der Waals surface area contributed by atoms with Crippen molar-refractivity contribution in [1.82, 2.24) is 4.57 Å². The number of carbonyl (C=O) groups excluding carboxylic acids is 2. The van der Waals surface area contributed by atoms with Gasteiger partial charge in [-0.3, -0.25) is 14.4 Å². The van der Waals surface area contributed by atoms with Gasteiger partial charge in [-0.2, -0.15) is 5.26 Å². The molecule has 10 heteroatoms. The van der Waals surface area contributed by atoms with Crippen LogP contribution in [0.5, 0.6) is 17.2 Å². The van der Waals surface area contributed by atoms with Crippen molar-refractivity contribution >= 4 is 17.4 Å². The number of nitrogens with one attached hydrogen (secondary N) is 1. The number of aromatic nitrogens is 1. The average Bonchev–Trinajstić information content (AvgIpc) is 2.88. The lowest BCUT2D eigenvalue weighted by Crippen LogP contribution is -2.24. The van der Waals surface area contributed by atoms with Crippen LogP contribution in [0.3, 0.4) is 0 Å². The van der Waals surface area contributed by atoms with Crippen molar-refractivity contribution in [1.29, 1.82) is 5.26 Å². The molecule has 36 heavy (non-hydrogen) atoms. The van der Waals surface area contributed by atoms with Crippen LogP contribution >= 0.6 is 0 Å². The molecule has 184 valence electrons. The highest BCUT2D eigenvalue weighted by Crippen LogP contribution is 2.30. The van der Waals surface area contributed by atoms with Gasteiger partial charge in [0.15, 0.2) is 23.9 Å². The summed E-state index contributed by atoms with van der Waals surface area (Å²) in [5.41, 5.74) is -0.627. The molecule has 0 radical (unpaired) electrons. The van der Waals surface area contributed by atoms with Gasteiger partial charge in [0, 0.05) is 30.1 Å². The molecule has 0 spiro atoms. The number of anilines is 1. The van der Waals surface area contributed by atoms with Crippen molar-refractivity contribution in [2.75, 3.05) is 26.1 Å². The molecule has 0 bridgehead atoms. The van der Waals surface area contributed by atoms with Crippen molar-refractivity contribution in [3.8, 4) is 23.3 Å². The summed E-state index contributed by atoms with van der Waals surface area (Å²) in [6.45, 7) is 3.13. The molecule has 0 aliphatic rings. The number of hydrogen-bond donors (Lipinski definition) is 1. The van der Waals surface area contributed by atoms with Gasteiger partial charge in [-0.25, -0.2) is 4.39 Å². The van der Waals surface area contributed by atoms with Crippen LogP contribution in [0.1, 0.15) is 21.5 Å². The number of carbonyl (C=O) groups is 2. The zero-order valence-corrected chi connectivity index (χ0v) is 19.5. The molecule has 1 N–H and O–H groups in total. The fourth-order valence-corrected chi connectivity index (χ4v) is 3.33. The molecule has 1 heterocycles. The van der Waals surface area contributed by atoms with E-state index in [9.17, 15) is 24.0 Å². The Morgan fingerprint density at radius 3 is 2.50 bits per heavy atom. The Morgan fingerprint density at radius 2 is 1.83 bits per heavy atom. The Hall–Kier alpha value is -4.91. The molecule has 0 fully saturated rings. The normalized spacial score (nSPS) is 10.2. The quantitative estimate of drug-likeness (QED) is 0.341. The number of halogens is 1. The molecule has 9 nitrogen and oxygen atoms in total. The Morgan fingerprint density at radius 1 is 1.11 bits per heavy atom. The zero-order chi connectivity index (χ0) is 26.2. The summed E-state index contributed by atoms with van der Waals surface area (Å²) in [6.07, 6.45) is 2.69. The minimum absolute atomic E-state index is 0.0294. The molecule has 3 aromatic rings. The first kappa shape index (κ1) is 25.7. The van der Waals surface area contributed by atoms with Crippen molar-refractivity contribution in [2.45, 2.75) is 6.54 Å². The maximum absolute atomic E-state index is 14.0.